The van der Waals surface area contributed by atoms with Gasteiger partial charge in [0, 0.05) is 33.1 Å². The molecule has 7 nitrogen and oxygen atoms in total. The second-order valence-corrected chi connectivity index (χ2v) is 7.37. The normalized spacial score (nSPS) is 12.3. The standard InChI is InChI=1S/C20H32N6O/c1-6-18-25-24-15-26(18)11-10-22-19(21-5)23-13-16-8-7-9-17(12-16)14-27-20(2,3)4/h7-9,12,15H,6,10-11,13-14H2,1-5H3,(H2,21,22,23). The SMILES string of the molecule is CCc1nncn1CCNC(=NC)NCc1cccc(COC(C)(C)C)c1. The molecule has 0 radical (unpaired) electrons. The number of ether oxygens (including phenoxy) is 1. The highest BCUT2D eigenvalue weighted by atomic mass is 16.5. The molecule has 0 fully saturated rings. The molecule has 1 heterocycles. The number of aliphatic imine (C=N–C) groups is 1. The second kappa shape index (κ2) is 10.1. The number of hydrogen-bond donors (Lipinski definition) is 2. The van der Waals surface area contributed by atoms with E-state index in [0.717, 1.165) is 31.3 Å². The molecule has 0 atom stereocenters. The van der Waals surface area contributed by atoms with Crippen molar-refractivity contribution < 1.29 is 4.74 Å². The van der Waals surface area contributed by atoms with Crippen LogP contribution in [0.5, 0.6) is 0 Å². The van der Waals surface area contributed by atoms with Crippen LogP contribution in [0.15, 0.2) is 35.6 Å². The van der Waals surface area contributed by atoms with Crippen molar-refractivity contribution in [3.63, 3.8) is 0 Å². The van der Waals surface area contributed by atoms with Gasteiger partial charge in [0.2, 0.25) is 0 Å². The number of guanidine groups is 1. The van der Waals surface area contributed by atoms with E-state index in [1.165, 1.54) is 11.1 Å². The summed E-state index contributed by atoms with van der Waals surface area (Å²) >= 11 is 0. The third-order valence-corrected chi connectivity index (χ3v) is 4.00. The highest BCUT2D eigenvalue weighted by molar-refractivity contribution is 5.79. The molecule has 148 valence electrons. The van der Waals surface area contributed by atoms with E-state index in [1.54, 1.807) is 13.4 Å². The van der Waals surface area contributed by atoms with Crippen LogP contribution in [0.1, 0.15) is 44.6 Å². The van der Waals surface area contributed by atoms with Gasteiger partial charge in [-0.05, 0) is 31.9 Å². The van der Waals surface area contributed by atoms with Crippen LogP contribution in [-0.2, 0) is 30.9 Å². The van der Waals surface area contributed by atoms with E-state index in [1.807, 2.05) is 0 Å². The van der Waals surface area contributed by atoms with E-state index in [9.17, 15) is 0 Å². The molecule has 0 aliphatic rings. The van der Waals surface area contributed by atoms with Crippen LogP contribution in [0.25, 0.3) is 0 Å². The number of hydrogen-bond acceptors (Lipinski definition) is 4. The van der Waals surface area contributed by atoms with Gasteiger partial charge in [0.25, 0.3) is 0 Å². The Kier molecular flexibility index (Phi) is 7.79. The van der Waals surface area contributed by atoms with Crippen molar-refractivity contribution in [3.05, 3.63) is 47.5 Å². The smallest absolute Gasteiger partial charge is 0.191 e. The molecule has 0 saturated heterocycles. The molecular formula is C20H32N6O. The minimum absolute atomic E-state index is 0.136. The average molecular weight is 373 g/mol. The second-order valence-electron chi connectivity index (χ2n) is 7.37. The topological polar surface area (TPSA) is 76.4 Å². The fraction of sp³-hybridized carbons (Fsp3) is 0.550. The van der Waals surface area contributed by atoms with Gasteiger partial charge in [0.05, 0.1) is 12.2 Å². The van der Waals surface area contributed by atoms with Gasteiger partial charge in [0.1, 0.15) is 12.2 Å². The van der Waals surface area contributed by atoms with Crippen LogP contribution in [0, 0.1) is 0 Å². The Balaban J connectivity index is 1.80. The van der Waals surface area contributed by atoms with Crippen molar-refractivity contribution >= 4 is 5.96 Å². The first-order chi connectivity index (χ1) is 12.9. The van der Waals surface area contributed by atoms with E-state index in [2.05, 4.69) is 82.4 Å². The van der Waals surface area contributed by atoms with E-state index >= 15 is 0 Å². The number of aromatic nitrogens is 3. The summed E-state index contributed by atoms with van der Waals surface area (Å²) in [6.07, 6.45) is 2.64. The average Bonchev–Trinajstić information content (AvgIpc) is 3.10. The van der Waals surface area contributed by atoms with E-state index in [0.29, 0.717) is 13.2 Å². The minimum Gasteiger partial charge on any atom is -0.371 e. The van der Waals surface area contributed by atoms with Crippen molar-refractivity contribution in [1.82, 2.24) is 25.4 Å². The Bertz CT molecular complexity index is 732. The molecule has 0 spiro atoms. The lowest BCUT2D eigenvalue weighted by molar-refractivity contribution is -0.0149. The zero-order valence-electron chi connectivity index (χ0n) is 17.1. The van der Waals surface area contributed by atoms with Crippen LogP contribution >= 0.6 is 0 Å². The van der Waals surface area contributed by atoms with Crippen molar-refractivity contribution in [2.45, 2.75) is 59.4 Å². The van der Waals surface area contributed by atoms with Crippen LogP contribution in [0.4, 0.5) is 0 Å². The van der Waals surface area contributed by atoms with Gasteiger partial charge in [-0.1, -0.05) is 31.2 Å². The molecular weight excluding hydrogens is 340 g/mol. The van der Waals surface area contributed by atoms with Gasteiger partial charge in [0.15, 0.2) is 5.96 Å². The summed E-state index contributed by atoms with van der Waals surface area (Å²) in [5.74, 6) is 1.77. The molecule has 0 amide bonds. The highest BCUT2D eigenvalue weighted by Gasteiger charge is 2.10. The summed E-state index contributed by atoms with van der Waals surface area (Å²) in [4.78, 5) is 4.28. The Labute approximate surface area is 162 Å². The lowest BCUT2D eigenvalue weighted by Crippen LogP contribution is -2.38. The van der Waals surface area contributed by atoms with E-state index < -0.39 is 0 Å². The number of nitrogens with zero attached hydrogens (tertiary/aromatic N) is 4. The van der Waals surface area contributed by atoms with E-state index in [-0.39, 0.29) is 5.60 Å². The summed E-state index contributed by atoms with van der Waals surface area (Å²) in [5, 5.41) is 14.7. The monoisotopic (exact) mass is 372 g/mol. The molecule has 0 unspecified atom stereocenters. The van der Waals surface area contributed by atoms with E-state index in [4.69, 9.17) is 4.74 Å². The third kappa shape index (κ3) is 7.38. The van der Waals surface area contributed by atoms with Crippen LogP contribution < -0.4 is 10.6 Å². The number of nitrogens with one attached hydrogen (secondary N) is 2. The van der Waals surface area contributed by atoms with Crippen LogP contribution in [0.3, 0.4) is 0 Å². The van der Waals surface area contributed by atoms with Crippen molar-refractivity contribution in [2.75, 3.05) is 13.6 Å². The number of benzene rings is 1. The zero-order chi connectivity index (χ0) is 19.7. The molecule has 0 aliphatic carbocycles. The van der Waals surface area contributed by atoms with Gasteiger partial charge >= 0.3 is 0 Å². The molecule has 2 rings (SSSR count). The molecule has 7 heteroatoms. The van der Waals surface area contributed by atoms with Gasteiger partial charge in [-0.25, -0.2) is 0 Å². The third-order valence-electron chi connectivity index (χ3n) is 4.00. The molecule has 27 heavy (non-hydrogen) atoms. The Morgan fingerprint density at radius 2 is 2.00 bits per heavy atom. The Morgan fingerprint density at radius 3 is 2.70 bits per heavy atom. The lowest BCUT2D eigenvalue weighted by atomic mass is 10.1. The fourth-order valence-corrected chi connectivity index (χ4v) is 2.57. The molecule has 0 bridgehead atoms. The first-order valence-corrected chi connectivity index (χ1v) is 9.44. The number of aryl methyl sites for hydroxylation is 1. The summed E-state index contributed by atoms with van der Waals surface area (Å²) in [6, 6.07) is 8.42. The zero-order valence-corrected chi connectivity index (χ0v) is 17.1. The lowest BCUT2D eigenvalue weighted by Gasteiger charge is -2.19. The predicted molar refractivity (Wildman–Crippen MR) is 109 cm³/mol. The summed E-state index contributed by atoms with van der Waals surface area (Å²) in [7, 11) is 1.78. The van der Waals surface area contributed by atoms with Crippen molar-refractivity contribution in [2.24, 2.45) is 4.99 Å². The first-order valence-electron chi connectivity index (χ1n) is 9.44. The predicted octanol–water partition coefficient (Wildman–Crippen LogP) is 2.52. The van der Waals surface area contributed by atoms with Gasteiger partial charge in [-0.3, -0.25) is 4.99 Å². The van der Waals surface area contributed by atoms with Gasteiger partial charge < -0.3 is 19.9 Å². The molecule has 2 aromatic rings. The maximum absolute atomic E-state index is 5.86. The minimum atomic E-state index is -0.136. The Hall–Kier alpha value is -2.41. The maximum Gasteiger partial charge on any atom is 0.191 e. The van der Waals surface area contributed by atoms with Crippen molar-refractivity contribution in [1.29, 1.82) is 0 Å². The largest absolute Gasteiger partial charge is 0.371 e. The van der Waals surface area contributed by atoms with Crippen LogP contribution in [-0.4, -0.2) is 39.9 Å². The molecule has 1 aromatic carbocycles. The summed E-state index contributed by atoms with van der Waals surface area (Å²) in [5.41, 5.74) is 2.23. The summed E-state index contributed by atoms with van der Waals surface area (Å²) in [6.45, 7) is 11.2. The van der Waals surface area contributed by atoms with Crippen molar-refractivity contribution in [3.8, 4) is 0 Å². The highest BCUT2D eigenvalue weighted by Crippen LogP contribution is 2.13. The summed E-state index contributed by atoms with van der Waals surface area (Å²) < 4.78 is 7.91. The fourth-order valence-electron chi connectivity index (χ4n) is 2.57. The molecule has 1 aromatic heterocycles. The maximum atomic E-state index is 5.86. The molecule has 0 aliphatic heterocycles. The van der Waals surface area contributed by atoms with Crippen LogP contribution in [0.2, 0.25) is 0 Å². The number of rotatable bonds is 8. The molecule has 2 N–H and O–H groups in total. The molecule has 0 saturated carbocycles. The van der Waals surface area contributed by atoms with Gasteiger partial charge in [-0.2, -0.15) is 0 Å². The quantitative estimate of drug-likeness (QED) is 0.550. The van der Waals surface area contributed by atoms with Gasteiger partial charge in [-0.15, -0.1) is 10.2 Å². The first kappa shape index (κ1) is 20.9. The Morgan fingerprint density at radius 1 is 1.22 bits per heavy atom.